The summed E-state index contributed by atoms with van der Waals surface area (Å²) in [5, 5.41) is 42.4. The number of aryl methyl sites for hydroxylation is 2. The number of hydrogen-bond donors (Lipinski definition) is 6. The van der Waals surface area contributed by atoms with Gasteiger partial charge < -0.3 is 40.5 Å². The Labute approximate surface area is 294 Å². The van der Waals surface area contributed by atoms with Crippen LogP contribution in [0.3, 0.4) is 0 Å². The Morgan fingerprint density at radius 2 is 0.880 bits per heavy atom. The first-order chi connectivity index (χ1) is 24.3. The molecule has 10 heteroatoms. The van der Waals surface area contributed by atoms with E-state index in [1.165, 1.54) is 0 Å². The monoisotopic (exact) mass is 686 g/mol. The molecule has 50 heavy (non-hydrogen) atoms. The number of aliphatic hydroxyl groups is 2. The quantitative estimate of drug-likeness (QED) is 0.0759. The highest BCUT2D eigenvalue weighted by Crippen LogP contribution is 2.13. The van der Waals surface area contributed by atoms with Gasteiger partial charge in [0, 0.05) is 12.8 Å². The zero-order valence-electron chi connectivity index (χ0n) is 28.5. The second-order valence-corrected chi connectivity index (χ2v) is 11.8. The van der Waals surface area contributed by atoms with Crippen LogP contribution in [0.15, 0.2) is 109 Å². The summed E-state index contributed by atoms with van der Waals surface area (Å²) in [6.07, 6.45) is 3.41. The van der Waals surface area contributed by atoms with Gasteiger partial charge in [-0.1, -0.05) is 84.9 Å². The minimum Gasteiger partial charge on any atom is -0.508 e. The van der Waals surface area contributed by atoms with E-state index in [4.69, 9.17) is 19.7 Å². The molecule has 10 nitrogen and oxygen atoms in total. The number of hydrogen-bond acceptors (Lipinski definition) is 8. The van der Waals surface area contributed by atoms with Crippen molar-refractivity contribution in [2.45, 2.75) is 50.6 Å². The van der Waals surface area contributed by atoms with Gasteiger partial charge in [0.2, 0.25) is 11.8 Å². The van der Waals surface area contributed by atoms with E-state index in [-0.39, 0.29) is 61.8 Å². The maximum Gasteiger partial charge on any atom is 0.220 e. The van der Waals surface area contributed by atoms with Crippen molar-refractivity contribution in [3.05, 3.63) is 131 Å². The SMILES string of the molecule is O=C(CCc1ccccc1)N[C@@H](COCCO)Cc1ccc(O)cc1.O=C(CCc1ccccc1)N[C@H](COCCO)Cc1ccc(O)cc1. The Morgan fingerprint density at radius 1 is 0.520 bits per heavy atom. The predicted molar refractivity (Wildman–Crippen MR) is 193 cm³/mol. The number of amides is 2. The number of ether oxygens (including phenoxy) is 2. The fourth-order valence-corrected chi connectivity index (χ4v) is 5.12. The van der Waals surface area contributed by atoms with Crippen molar-refractivity contribution in [1.82, 2.24) is 10.6 Å². The van der Waals surface area contributed by atoms with Crippen molar-refractivity contribution in [2.75, 3.05) is 39.6 Å². The molecular formula is C40H50N2O8. The summed E-state index contributed by atoms with van der Waals surface area (Å²) in [6, 6.07) is 33.2. The summed E-state index contributed by atoms with van der Waals surface area (Å²) in [6.45, 7) is 1.05. The highest BCUT2D eigenvalue weighted by atomic mass is 16.5. The molecule has 0 heterocycles. The zero-order chi connectivity index (χ0) is 35.8. The lowest BCUT2D eigenvalue weighted by molar-refractivity contribution is -0.123. The lowest BCUT2D eigenvalue weighted by Gasteiger charge is -2.19. The summed E-state index contributed by atoms with van der Waals surface area (Å²) in [5.41, 5.74) is 4.26. The highest BCUT2D eigenvalue weighted by Gasteiger charge is 2.15. The molecule has 0 fully saturated rings. The van der Waals surface area contributed by atoms with Crippen LogP contribution in [0, 0.1) is 0 Å². The number of benzene rings is 4. The molecule has 0 unspecified atom stereocenters. The third-order valence-electron chi connectivity index (χ3n) is 7.64. The van der Waals surface area contributed by atoms with Gasteiger partial charge in [-0.3, -0.25) is 9.59 Å². The second kappa shape index (κ2) is 23.6. The molecule has 0 saturated carbocycles. The lowest BCUT2D eigenvalue weighted by atomic mass is 10.1. The van der Waals surface area contributed by atoms with Gasteiger partial charge in [0.05, 0.1) is 51.7 Å². The largest absolute Gasteiger partial charge is 0.508 e. The Bertz CT molecular complexity index is 1370. The van der Waals surface area contributed by atoms with Crippen molar-refractivity contribution < 1.29 is 39.5 Å². The summed E-state index contributed by atoms with van der Waals surface area (Å²) in [4.78, 5) is 24.5. The zero-order valence-corrected chi connectivity index (χ0v) is 28.5. The van der Waals surface area contributed by atoms with Gasteiger partial charge in [-0.15, -0.1) is 0 Å². The van der Waals surface area contributed by atoms with Crippen LogP contribution in [-0.2, 0) is 44.7 Å². The van der Waals surface area contributed by atoms with Gasteiger partial charge in [0.25, 0.3) is 0 Å². The van der Waals surface area contributed by atoms with Crippen LogP contribution in [0.2, 0.25) is 0 Å². The smallest absolute Gasteiger partial charge is 0.220 e. The number of nitrogens with one attached hydrogen (secondary N) is 2. The standard InChI is InChI=1S/2C20H25NO4/c2*22-12-13-25-15-18(14-17-6-9-19(23)10-7-17)21-20(24)11-8-16-4-2-1-3-5-16/h2*1-7,9-10,18,22-23H,8,11-15H2,(H,21,24)/t2*18-/m10/s1. The number of carbonyl (C=O) groups is 2. The lowest BCUT2D eigenvalue weighted by Crippen LogP contribution is -2.40. The molecular weight excluding hydrogens is 636 g/mol. The van der Waals surface area contributed by atoms with E-state index in [2.05, 4.69) is 10.6 Å². The molecule has 0 aliphatic heterocycles. The first-order valence-corrected chi connectivity index (χ1v) is 16.9. The van der Waals surface area contributed by atoms with E-state index < -0.39 is 0 Å². The van der Waals surface area contributed by atoms with Crippen LogP contribution in [0.4, 0.5) is 0 Å². The number of phenols is 2. The highest BCUT2D eigenvalue weighted by molar-refractivity contribution is 5.77. The number of aromatic hydroxyl groups is 2. The molecule has 0 bridgehead atoms. The molecule has 4 aromatic rings. The van der Waals surface area contributed by atoms with Gasteiger partial charge in [-0.05, 0) is 72.2 Å². The normalized spacial score (nSPS) is 11.9. The predicted octanol–water partition coefficient (Wildman–Crippen LogP) is 4.12. The third-order valence-corrected chi connectivity index (χ3v) is 7.64. The first-order valence-electron chi connectivity index (χ1n) is 16.9. The number of phenolic OH excluding ortho intramolecular Hbond substituents is 2. The maximum absolute atomic E-state index is 12.2. The molecule has 0 saturated heterocycles. The number of rotatable bonds is 20. The number of carbonyl (C=O) groups excluding carboxylic acids is 2. The van der Waals surface area contributed by atoms with Gasteiger partial charge in [0.15, 0.2) is 0 Å². The second-order valence-electron chi connectivity index (χ2n) is 11.8. The van der Waals surface area contributed by atoms with Gasteiger partial charge in [0.1, 0.15) is 11.5 Å². The molecule has 0 aromatic heterocycles. The van der Waals surface area contributed by atoms with E-state index in [9.17, 15) is 19.8 Å². The summed E-state index contributed by atoms with van der Waals surface area (Å²) in [7, 11) is 0. The van der Waals surface area contributed by atoms with Crippen LogP contribution in [-0.4, -0.2) is 84.0 Å². The van der Waals surface area contributed by atoms with Gasteiger partial charge >= 0.3 is 0 Å². The molecule has 4 aromatic carbocycles. The van der Waals surface area contributed by atoms with Crippen LogP contribution >= 0.6 is 0 Å². The van der Waals surface area contributed by atoms with Crippen LogP contribution in [0.1, 0.15) is 35.1 Å². The summed E-state index contributed by atoms with van der Waals surface area (Å²) >= 11 is 0. The van der Waals surface area contributed by atoms with Crippen molar-refractivity contribution in [2.24, 2.45) is 0 Å². The van der Waals surface area contributed by atoms with Crippen LogP contribution in [0.5, 0.6) is 11.5 Å². The van der Waals surface area contributed by atoms with Crippen molar-refractivity contribution >= 4 is 11.8 Å². The van der Waals surface area contributed by atoms with Crippen LogP contribution in [0.25, 0.3) is 0 Å². The van der Waals surface area contributed by atoms with E-state index >= 15 is 0 Å². The van der Waals surface area contributed by atoms with Crippen LogP contribution < -0.4 is 10.6 Å². The number of aliphatic hydroxyl groups excluding tert-OH is 2. The van der Waals surface area contributed by atoms with E-state index in [1.54, 1.807) is 24.3 Å². The van der Waals surface area contributed by atoms with Crippen molar-refractivity contribution in [3.63, 3.8) is 0 Å². The summed E-state index contributed by atoms with van der Waals surface area (Å²) in [5.74, 6) is 0.368. The van der Waals surface area contributed by atoms with Crippen molar-refractivity contribution in [3.8, 4) is 11.5 Å². The van der Waals surface area contributed by atoms with E-state index in [1.807, 2.05) is 84.9 Å². The molecule has 4 rings (SSSR count). The Kier molecular flexibility index (Phi) is 18.7. The average Bonchev–Trinajstić information content (AvgIpc) is 3.13. The molecule has 6 N–H and O–H groups in total. The Balaban J connectivity index is 0.000000270. The minimum absolute atomic E-state index is 0.0276. The molecule has 0 aliphatic rings. The average molecular weight is 687 g/mol. The maximum atomic E-state index is 12.2. The Morgan fingerprint density at radius 3 is 1.22 bits per heavy atom. The molecule has 0 aliphatic carbocycles. The minimum atomic E-state index is -0.181. The third kappa shape index (κ3) is 17.1. The molecule has 0 radical (unpaired) electrons. The van der Waals surface area contributed by atoms with Gasteiger partial charge in [-0.25, -0.2) is 0 Å². The van der Waals surface area contributed by atoms with Crippen molar-refractivity contribution in [1.29, 1.82) is 0 Å². The topological polar surface area (TPSA) is 158 Å². The first kappa shape index (κ1) is 39.7. The van der Waals surface area contributed by atoms with E-state index in [0.29, 0.717) is 51.7 Å². The molecule has 268 valence electrons. The molecule has 0 spiro atoms. The van der Waals surface area contributed by atoms with E-state index in [0.717, 1.165) is 22.3 Å². The summed E-state index contributed by atoms with van der Waals surface area (Å²) < 4.78 is 10.8. The van der Waals surface area contributed by atoms with Gasteiger partial charge in [-0.2, -0.15) is 0 Å². The molecule has 2 atom stereocenters. The Hall–Kier alpha value is -4.74. The fraction of sp³-hybridized carbons (Fsp3) is 0.350. The molecule has 2 amide bonds. The fourth-order valence-electron chi connectivity index (χ4n) is 5.12.